The highest BCUT2D eigenvalue weighted by Gasteiger charge is 2.50. The third-order valence-electron chi connectivity index (χ3n) is 4.79. The molecule has 1 aliphatic heterocycles. The predicted octanol–water partition coefficient (Wildman–Crippen LogP) is 1.84. The number of rotatable bonds is 6. The van der Waals surface area contributed by atoms with E-state index in [0.717, 1.165) is 32.1 Å². The van der Waals surface area contributed by atoms with Crippen LogP contribution in [0.15, 0.2) is 18.2 Å². The fourth-order valence-electron chi connectivity index (χ4n) is 3.48. The Kier molecular flexibility index (Phi) is 4.87. The minimum atomic E-state index is -1.08. The number of aromatic carboxylic acids is 1. The van der Waals surface area contributed by atoms with Gasteiger partial charge in [0.1, 0.15) is 11.4 Å². The number of anilines is 1. The SMILES string of the molecule is O=C(O)c1cccc(NCCCN2C(=O)NC3(CCCCC3)C2=O)n1. The third kappa shape index (κ3) is 3.57. The monoisotopic (exact) mass is 346 g/mol. The Morgan fingerprint density at radius 2 is 2.04 bits per heavy atom. The second-order valence-electron chi connectivity index (χ2n) is 6.52. The quantitative estimate of drug-likeness (QED) is 0.535. The molecular formula is C17H22N4O4. The van der Waals surface area contributed by atoms with Crippen molar-refractivity contribution in [1.29, 1.82) is 0 Å². The maximum Gasteiger partial charge on any atom is 0.354 e. The van der Waals surface area contributed by atoms with Crippen molar-refractivity contribution >= 4 is 23.7 Å². The summed E-state index contributed by atoms with van der Waals surface area (Å²) in [7, 11) is 0. The number of carboxylic acid groups (broad SMARTS) is 1. The van der Waals surface area contributed by atoms with Gasteiger partial charge in [0.2, 0.25) is 0 Å². The zero-order valence-corrected chi connectivity index (χ0v) is 14.0. The molecule has 2 heterocycles. The van der Waals surface area contributed by atoms with Gasteiger partial charge in [0.05, 0.1) is 0 Å². The van der Waals surface area contributed by atoms with Crippen molar-refractivity contribution in [2.24, 2.45) is 0 Å². The summed E-state index contributed by atoms with van der Waals surface area (Å²) in [6.07, 6.45) is 5.04. The number of pyridine rings is 1. The molecule has 25 heavy (non-hydrogen) atoms. The molecule has 3 rings (SSSR count). The van der Waals surface area contributed by atoms with Crippen LogP contribution in [0.25, 0.3) is 0 Å². The summed E-state index contributed by atoms with van der Waals surface area (Å²) >= 11 is 0. The Labute approximate surface area is 145 Å². The van der Waals surface area contributed by atoms with E-state index in [1.54, 1.807) is 12.1 Å². The second kappa shape index (κ2) is 7.08. The van der Waals surface area contributed by atoms with Crippen molar-refractivity contribution in [3.63, 3.8) is 0 Å². The fourth-order valence-corrected chi connectivity index (χ4v) is 3.48. The van der Waals surface area contributed by atoms with E-state index in [2.05, 4.69) is 15.6 Å². The Hall–Kier alpha value is -2.64. The first-order chi connectivity index (χ1) is 12.0. The molecule has 0 unspecified atom stereocenters. The normalized spacial score (nSPS) is 19.1. The summed E-state index contributed by atoms with van der Waals surface area (Å²) < 4.78 is 0. The molecular weight excluding hydrogens is 324 g/mol. The lowest BCUT2D eigenvalue weighted by atomic mass is 9.82. The molecule has 134 valence electrons. The van der Waals surface area contributed by atoms with Crippen LogP contribution in [-0.2, 0) is 4.79 Å². The molecule has 1 aromatic heterocycles. The molecule has 1 saturated carbocycles. The number of amides is 3. The summed E-state index contributed by atoms with van der Waals surface area (Å²) in [6.45, 7) is 0.818. The van der Waals surface area contributed by atoms with E-state index in [0.29, 0.717) is 25.3 Å². The number of hydrogen-bond donors (Lipinski definition) is 3. The van der Waals surface area contributed by atoms with E-state index in [1.165, 1.54) is 11.0 Å². The molecule has 0 aromatic carbocycles. The van der Waals surface area contributed by atoms with Crippen molar-refractivity contribution in [3.05, 3.63) is 23.9 Å². The molecule has 2 aliphatic rings. The van der Waals surface area contributed by atoms with Gasteiger partial charge in [-0.25, -0.2) is 14.6 Å². The van der Waals surface area contributed by atoms with Gasteiger partial charge in [0.15, 0.2) is 5.69 Å². The minimum absolute atomic E-state index is 0.0293. The Balaban J connectivity index is 1.50. The lowest BCUT2D eigenvalue weighted by molar-refractivity contribution is -0.132. The van der Waals surface area contributed by atoms with Gasteiger partial charge in [-0.15, -0.1) is 0 Å². The second-order valence-corrected chi connectivity index (χ2v) is 6.52. The number of nitrogens with zero attached hydrogens (tertiary/aromatic N) is 2. The summed E-state index contributed by atoms with van der Waals surface area (Å²) in [5, 5.41) is 14.8. The number of carbonyl (C=O) groups excluding carboxylic acids is 2. The maximum absolute atomic E-state index is 12.6. The molecule has 3 amide bonds. The molecule has 1 saturated heterocycles. The van der Waals surface area contributed by atoms with Crippen LogP contribution in [0.4, 0.5) is 10.6 Å². The number of urea groups is 1. The Morgan fingerprint density at radius 1 is 1.28 bits per heavy atom. The van der Waals surface area contributed by atoms with Gasteiger partial charge in [-0.1, -0.05) is 25.3 Å². The van der Waals surface area contributed by atoms with Crippen LogP contribution < -0.4 is 10.6 Å². The number of aromatic nitrogens is 1. The van der Waals surface area contributed by atoms with Crippen molar-refractivity contribution < 1.29 is 19.5 Å². The molecule has 0 atom stereocenters. The first-order valence-electron chi connectivity index (χ1n) is 8.60. The molecule has 1 aromatic rings. The molecule has 8 heteroatoms. The lowest BCUT2D eigenvalue weighted by Crippen LogP contribution is -2.48. The average molecular weight is 346 g/mol. The van der Waals surface area contributed by atoms with Crippen molar-refractivity contribution in [2.75, 3.05) is 18.4 Å². The molecule has 8 nitrogen and oxygen atoms in total. The van der Waals surface area contributed by atoms with E-state index in [-0.39, 0.29) is 17.6 Å². The highest BCUT2D eigenvalue weighted by molar-refractivity contribution is 6.07. The zero-order chi connectivity index (χ0) is 17.9. The van der Waals surface area contributed by atoms with Gasteiger partial charge in [-0.2, -0.15) is 0 Å². The number of imide groups is 1. The van der Waals surface area contributed by atoms with E-state index in [9.17, 15) is 14.4 Å². The average Bonchev–Trinajstić information content (AvgIpc) is 2.83. The largest absolute Gasteiger partial charge is 0.477 e. The fraction of sp³-hybridized carbons (Fsp3) is 0.529. The zero-order valence-electron chi connectivity index (χ0n) is 14.0. The van der Waals surface area contributed by atoms with E-state index in [1.807, 2.05) is 0 Å². The van der Waals surface area contributed by atoms with Crippen molar-refractivity contribution in [3.8, 4) is 0 Å². The van der Waals surface area contributed by atoms with Crippen LogP contribution in [0.5, 0.6) is 0 Å². The van der Waals surface area contributed by atoms with Gasteiger partial charge < -0.3 is 15.7 Å². The maximum atomic E-state index is 12.6. The lowest BCUT2D eigenvalue weighted by Gasteiger charge is -2.30. The first kappa shape index (κ1) is 17.2. The summed E-state index contributed by atoms with van der Waals surface area (Å²) in [4.78, 5) is 40.9. The van der Waals surface area contributed by atoms with E-state index in [4.69, 9.17) is 5.11 Å². The topological polar surface area (TPSA) is 112 Å². The van der Waals surface area contributed by atoms with Gasteiger partial charge in [0.25, 0.3) is 5.91 Å². The number of carbonyl (C=O) groups is 3. The van der Waals surface area contributed by atoms with Crippen LogP contribution in [0.3, 0.4) is 0 Å². The first-order valence-corrected chi connectivity index (χ1v) is 8.60. The van der Waals surface area contributed by atoms with Crippen molar-refractivity contribution in [1.82, 2.24) is 15.2 Å². The third-order valence-corrected chi connectivity index (χ3v) is 4.79. The molecule has 1 spiro atoms. The van der Waals surface area contributed by atoms with Crippen LogP contribution >= 0.6 is 0 Å². The van der Waals surface area contributed by atoms with E-state index >= 15 is 0 Å². The highest BCUT2D eigenvalue weighted by Crippen LogP contribution is 2.33. The predicted molar refractivity (Wildman–Crippen MR) is 90.4 cm³/mol. The summed E-state index contributed by atoms with van der Waals surface area (Å²) in [5.41, 5.74) is -0.710. The van der Waals surface area contributed by atoms with Gasteiger partial charge in [-0.3, -0.25) is 9.69 Å². The Bertz CT molecular complexity index is 685. The van der Waals surface area contributed by atoms with Gasteiger partial charge in [0, 0.05) is 13.1 Å². The van der Waals surface area contributed by atoms with Crippen LogP contribution in [0.2, 0.25) is 0 Å². The number of carboxylic acids is 1. The van der Waals surface area contributed by atoms with Gasteiger partial charge in [-0.05, 0) is 31.4 Å². The van der Waals surface area contributed by atoms with Crippen LogP contribution in [0, 0.1) is 0 Å². The molecule has 2 fully saturated rings. The van der Waals surface area contributed by atoms with Crippen LogP contribution in [0.1, 0.15) is 49.0 Å². The van der Waals surface area contributed by atoms with Crippen molar-refractivity contribution in [2.45, 2.75) is 44.1 Å². The highest BCUT2D eigenvalue weighted by atomic mass is 16.4. The minimum Gasteiger partial charge on any atom is -0.477 e. The smallest absolute Gasteiger partial charge is 0.354 e. The van der Waals surface area contributed by atoms with E-state index < -0.39 is 11.5 Å². The summed E-state index contributed by atoms with van der Waals surface area (Å²) in [6, 6.07) is 4.41. The molecule has 0 radical (unpaired) electrons. The van der Waals surface area contributed by atoms with Gasteiger partial charge >= 0.3 is 12.0 Å². The molecule has 0 bridgehead atoms. The summed E-state index contributed by atoms with van der Waals surface area (Å²) in [5.74, 6) is -0.732. The number of hydrogen-bond acceptors (Lipinski definition) is 5. The molecule has 1 aliphatic carbocycles. The Morgan fingerprint density at radius 3 is 2.76 bits per heavy atom. The number of nitrogens with one attached hydrogen (secondary N) is 2. The van der Waals surface area contributed by atoms with Crippen LogP contribution in [-0.4, -0.2) is 51.5 Å². The molecule has 3 N–H and O–H groups in total. The standard InChI is InChI=1S/C17H22N4O4/c22-14(23)12-6-4-7-13(19-12)18-10-5-11-21-15(24)17(20-16(21)25)8-2-1-3-9-17/h4,6-7H,1-3,5,8-11H2,(H,18,19)(H,20,25)(H,22,23).